The fourth-order valence-electron chi connectivity index (χ4n) is 7.16. The van der Waals surface area contributed by atoms with Gasteiger partial charge in [-0.05, 0) is 46.2 Å². The van der Waals surface area contributed by atoms with E-state index in [1.807, 2.05) is 60.9 Å². The summed E-state index contributed by atoms with van der Waals surface area (Å²) >= 11 is 0. The number of rotatable bonds is 8. The number of benzene rings is 4. The third kappa shape index (κ3) is 6.56. The Morgan fingerprint density at radius 3 is 1.38 bits per heavy atom. The Bertz CT molecular complexity index is 1980. The minimum Gasteiger partial charge on any atom is -0.379 e. The quantitative estimate of drug-likeness (QED) is 0.187. The summed E-state index contributed by atoms with van der Waals surface area (Å²) in [5.74, 6) is 0. The van der Waals surface area contributed by atoms with Gasteiger partial charge in [0, 0.05) is 73.6 Å². The van der Waals surface area contributed by atoms with Crippen LogP contribution in [0.1, 0.15) is 11.4 Å². The van der Waals surface area contributed by atoms with E-state index < -0.39 is 6.03 Å². The van der Waals surface area contributed by atoms with E-state index in [1.54, 1.807) is 4.90 Å². The topological polar surface area (TPSA) is 97.1 Å². The van der Waals surface area contributed by atoms with Crippen LogP contribution in [0.15, 0.2) is 109 Å². The molecule has 2 amide bonds. The number of ether oxygens (including phenoxy) is 2. The van der Waals surface area contributed by atoms with Crippen molar-refractivity contribution in [2.45, 2.75) is 13.1 Å². The van der Waals surface area contributed by atoms with E-state index in [1.165, 1.54) is 0 Å². The largest absolute Gasteiger partial charge is 0.379 e. The van der Waals surface area contributed by atoms with Crippen molar-refractivity contribution in [2.24, 2.45) is 5.73 Å². The molecule has 0 radical (unpaired) electrons. The first-order valence-electron chi connectivity index (χ1n) is 17.3. The van der Waals surface area contributed by atoms with E-state index in [0.29, 0.717) is 0 Å². The number of fused-ring (bicyclic) bond motifs is 2. The van der Waals surface area contributed by atoms with E-state index in [-0.39, 0.29) is 0 Å². The van der Waals surface area contributed by atoms with Gasteiger partial charge in [-0.25, -0.2) is 4.79 Å². The van der Waals surface area contributed by atoms with Crippen molar-refractivity contribution < 1.29 is 14.3 Å². The maximum atomic E-state index is 13.4. The van der Waals surface area contributed by atoms with Crippen molar-refractivity contribution in [3.05, 3.63) is 121 Å². The van der Waals surface area contributed by atoms with Crippen LogP contribution in [0.3, 0.4) is 0 Å². The second kappa shape index (κ2) is 14.3. The molecule has 0 unspecified atom stereocenters. The first-order valence-corrected chi connectivity index (χ1v) is 17.3. The Labute approximate surface area is 291 Å². The molecule has 4 heterocycles. The molecule has 2 fully saturated rings. The highest BCUT2D eigenvalue weighted by Crippen LogP contribution is 2.42. The maximum Gasteiger partial charge on any atom is 0.323 e. The number of hydrogen-bond acceptors (Lipinski definition) is 7. The lowest BCUT2D eigenvalue weighted by molar-refractivity contribution is 0.0336. The summed E-state index contributed by atoms with van der Waals surface area (Å²) in [5.41, 5.74) is 13.8. The van der Waals surface area contributed by atoms with Gasteiger partial charge in [0.2, 0.25) is 0 Å². The van der Waals surface area contributed by atoms with Crippen LogP contribution in [0.5, 0.6) is 0 Å². The molecule has 0 saturated carbocycles. The lowest BCUT2D eigenvalue weighted by Gasteiger charge is -2.26. The van der Waals surface area contributed by atoms with E-state index >= 15 is 0 Å². The predicted octanol–water partition coefficient (Wildman–Crippen LogP) is 7.00. The lowest BCUT2D eigenvalue weighted by atomic mass is 9.95. The number of anilines is 2. The Kier molecular flexibility index (Phi) is 9.19. The number of amides is 2. The van der Waals surface area contributed by atoms with Crippen LogP contribution in [0.4, 0.5) is 16.2 Å². The normalized spacial score (nSPS) is 15.8. The van der Waals surface area contributed by atoms with Crippen LogP contribution in [-0.2, 0) is 22.6 Å². The molecule has 0 atom stereocenters. The number of nitrogens with two attached hydrogens (primary N) is 1. The molecule has 50 heavy (non-hydrogen) atoms. The van der Waals surface area contributed by atoms with Crippen LogP contribution >= 0.6 is 0 Å². The SMILES string of the molecule is NC(=O)N(c1ccc(-c2ccc(CN3CCOCC3)nc2)c2ccccc12)c1ccc(-c2ccc(CN3CCOCC3)nc2)c2ccccc12. The number of primary amides is 1. The first kappa shape index (κ1) is 32.0. The molecule has 2 aliphatic rings. The molecule has 0 spiro atoms. The molecule has 252 valence electrons. The van der Waals surface area contributed by atoms with Gasteiger partial charge in [-0.3, -0.25) is 24.7 Å². The highest BCUT2D eigenvalue weighted by Gasteiger charge is 2.23. The van der Waals surface area contributed by atoms with E-state index in [0.717, 1.165) is 132 Å². The maximum absolute atomic E-state index is 13.4. The van der Waals surface area contributed by atoms with Gasteiger partial charge in [0.25, 0.3) is 0 Å². The van der Waals surface area contributed by atoms with Crippen molar-refractivity contribution >= 4 is 39.0 Å². The summed E-state index contributed by atoms with van der Waals surface area (Å²) in [4.78, 5) is 29.4. The number of pyridine rings is 2. The Hall–Kier alpha value is -5.19. The molecule has 0 bridgehead atoms. The third-order valence-electron chi connectivity index (χ3n) is 9.75. The Morgan fingerprint density at radius 1 is 0.580 bits per heavy atom. The molecule has 2 aromatic heterocycles. The van der Waals surface area contributed by atoms with Crippen molar-refractivity contribution in [2.75, 3.05) is 57.5 Å². The molecule has 2 aliphatic heterocycles. The molecule has 2 saturated heterocycles. The Balaban J connectivity index is 1.13. The molecule has 0 aliphatic carbocycles. The number of aromatic nitrogens is 2. The van der Waals surface area contributed by atoms with Gasteiger partial charge < -0.3 is 15.2 Å². The second-order valence-electron chi connectivity index (χ2n) is 12.9. The monoisotopic (exact) mass is 664 g/mol. The van der Waals surface area contributed by atoms with Crippen LogP contribution in [0, 0.1) is 0 Å². The summed E-state index contributed by atoms with van der Waals surface area (Å²) < 4.78 is 11.0. The van der Waals surface area contributed by atoms with Gasteiger partial charge in [0.1, 0.15) is 0 Å². The number of carbonyl (C=O) groups excluding carboxylic acids is 1. The number of hydrogen-bond donors (Lipinski definition) is 1. The van der Waals surface area contributed by atoms with Crippen LogP contribution in [0.2, 0.25) is 0 Å². The number of urea groups is 1. The highest BCUT2D eigenvalue weighted by atomic mass is 16.5. The zero-order valence-electron chi connectivity index (χ0n) is 28.0. The van der Waals surface area contributed by atoms with Crippen molar-refractivity contribution in [3.8, 4) is 22.3 Å². The fraction of sp³-hybridized carbons (Fsp3) is 0.244. The van der Waals surface area contributed by atoms with E-state index in [2.05, 4.69) is 58.3 Å². The molecule has 4 aromatic carbocycles. The Morgan fingerprint density at radius 2 is 1.00 bits per heavy atom. The number of carbonyl (C=O) groups is 1. The molecule has 6 aromatic rings. The fourth-order valence-corrected chi connectivity index (χ4v) is 7.16. The summed E-state index contributed by atoms with van der Waals surface area (Å²) in [6.45, 7) is 8.35. The average molecular weight is 665 g/mol. The molecule has 9 heteroatoms. The molecule has 2 N–H and O–H groups in total. The van der Waals surface area contributed by atoms with Gasteiger partial charge in [0.05, 0.1) is 49.2 Å². The number of nitrogens with zero attached hydrogens (tertiary/aromatic N) is 5. The predicted molar refractivity (Wildman–Crippen MR) is 198 cm³/mol. The van der Waals surface area contributed by atoms with Crippen molar-refractivity contribution in [3.63, 3.8) is 0 Å². The van der Waals surface area contributed by atoms with Crippen molar-refractivity contribution in [1.29, 1.82) is 0 Å². The van der Waals surface area contributed by atoms with Gasteiger partial charge in [-0.2, -0.15) is 0 Å². The summed E-state index contributed by atoms with van der Waals surface area (Å²) in [7, 11) is 0. The van der Waals surface area contributed by atoms with Gasteiger partial charge in [0.15, 0.2) is 0 Å². The van der Waals surface area contributed by atoms with Gasteiger partial charge >= 0.3 is 6.03 Å². The van der Waals surface area contributed by atoms with Crippen LogP contribution in [-0.4, -0.2) is 78.4 Å². The van der Waals surface area contributed by atoms with Crippen LogP contribution in [0.25, 0.3) is 43.8 Å². The van der Waals surface area contributed by atoms with Gasteiger partial charge in [-0.15, -0.1) is 0 Å². The van der Waals surface area contributed by atoms with E-state index in [9.17, 15) is 4.79 Å². The average Bonchev–Trinajstić information content (AvgIpc) is 3.16. The minimum absolute atomic E-state index is 0.552. The number of morpholine rings is 2. The van der Waals surface area contributed by atoms with Crippen molar-refractivity contribution in [1.82, 2.24) is 19.8 Å². The smallest absolute Gasteiger partial charge is 0.323 e. The lowest BCUT2D eigenvalue weighted by Crippen LogP contribution is -2.35. The van der Waals surface area contributed by atoms with E-state index in [4.69, 9.17) is 25.2 Å². The first-order chi connectivity index (χ1) is 24.6. The molecule has 8 rings (SSSR count). The zero-order valence-corrected chi connectivity index (χ0v) is 28.0. The minimum atomic E-state index is -0.552. The third-order valence-corrected chi connectivity index (χ3v) is 9.75. The second-order valence-corrected chi connectivity index (χ2v) is 12.9. The van der Waals surface area contributed by atoms with Gasteiger partial charge in [-0.1, -0.05) is 72.8 Å². The van der Waals surface area contributed by atoms with Crippen LogP contribution < -0.4 is 10.6 Å². The summed E-state index contributed by atoms with van der Waals surface area (Å²) in [6, 6.07) is 32.3. The summed E-state index contributed by atoms with van der Waals surface area (Å²) in [5, 5.41) is 3.88. The standard InChI is InChI=1S/C41H40N6O3/c42-41(48)47(39-15-13-33(35-5-1-3-7-37(35)39)29-9-11-31(43-25-29)27-45-17-21-49-22-18-45)40-16-14-34(36-6-2-4-8-38(36)40)30-10-12-32(44-26-30)28-46-19-23-50-24-20-46/h1-16,25-26H,17-24,27-28H2,(H2,42,48). The summed E-state index contributed by atoms with van der Waals surface area (Å²) in [6.07, 6.45) is 3.89. The molecular formula is C41H40N6O3. The molecule has 9 nitrogen and oxygen atoms in total. The molecular weight excluding hydrogens is 624 g/mol. The zero-order chi connectivity index (χ0) is 33.9. The highest BCUT2D eigenvalue weighted by molar-refractivity contribution is 6.15.